The highest BCUT2D eigenvalue weighted by atomic mass is 16.5. The first-order valence-corrected chi connectivity index (χ1v) is 10.4. The number of nitrogens with one attached hydrogen (secondary N) is 2. The molecule has 0 radical (unpaired) electrons. The van der Waals surface area contributed by atoms with Crippen molar-refractivity contribution >= 4 is 22.6 Å². The molecule has 0 spiro atoms. The van der Waals surface area contributed by atoms with Crippen LogP contribution in [-0.2, 0) is 4.79 Å². The highest BCUT2D eigenvalue weighted by Crippen LogP contribution is 2.26. The molecule has 0 aliphatic heterocycles. The molecular weight excluding hydrogens is 406 g/mol. The summed E-state index contributed by atoms with van der Waals surface area (Å²) in [6.45, 7) is 7.90. The molecule has 0 bridgehead atoms. The number of anilines is 1. The number of H-pyrrole nitrogens is 1. The van der Waals surface area contributed by atoms with E-state index >= 15 is 0 Å². The van der Waals surface area contributed by atoms with E-state index in [-0.39, 0.29) is 11.5 Å². The zero-order chi connectivity index (χ0) is 22.8. The zero-order valence-corrected chi connectivity index (χ0v) is 18.4. The Balaban J connectivity index is 1.59. The van der Waals surface area contributed by atoms with Gasteiger partial charge in [0, 0.05) is 0 Å². The van der Waals surface area contributed by atoms with Crippen LogP contribution in [0.15, 0.2) is 59.8 Å². The minimum Gasteiger partial charge on any atom is -0.481 e. The highest BCUT2D eigenvalue weighted by Gasteiger charge is 2.19. The third kappa shape index (κ3) is 4.12. The van der Waals surface area contributed by atoms with E-state index in [9.17, 15) is 9.59 Å². The van der Waals surface area contributed by atoms with Gasteiger partial charge < -0.3 is 15.0 Å². The van der Waals surface area contributed by atoms with Crippen LogP contribution < -0.4 is 15.6 Å². The van der Waals surface area contributed by atoms with Crippen LogP contribution in [0.25, 0.3) is 16.7 Å². The lowest BCUT2D eigenvalue weighted by atomic mass is 10.0. The number of aromatic nitrogens is 4. The first-order valence-electron chi connectivity index (χ1n) is 10.4. The molecule has 2 heterocycles. The van der Waals surface area contributed by atoms with E-state index in [1.807, 2.05) is 31.2 Å². The maximum Gasteiger partial charge on any atom is 0.265 e. The lowest BCUT2D eigenvalue weighted by Crippen LogP contribution is -2.30. The summed E-state index contributed by atoms with van der Waals surface area (Å²) in [7, 11) is 0. The van der Waals surface area contributed by atoms with Crippen molar-refractivity contribution in [2.45, 2.75) is 39.7 Å². The van der Waals surface area contributed by atoms with Crippen molar-refractivity contribution in [3.05, 3.63) is 76.5 Å². The Labute approximate surface area is 185 Å². The molecule has 0 saturated heterocycles. The van der Waals surface area contributed by atoms with Crippen molar-refractivity contribution in [1.29, 1.82) is 0 Å². The van der Waals surface area contributed by atoms with E-state index in [2.05, 4.69) is 40.3 Å². The van der Waals surface area contributed by atoms with Crippen LogP contribution in [0.2, 0.25) is 0 Å². The normalized spacial score (nSPS) is 12.2. The molecule has 1 atom stereocenters. The molecule has 0 aliphatic rings. The highest BCUT2D eigenvalue weighted by molar-refractivity contribution is 5.96. The third-order valence-electron chi connectivity index (χ3n) is 5.31. The van der Waals surface area contributed by atoms with Crippen LogP contribution in [0, 0.1) is 6.92 Å². The molecule has 0 aliphatic carbocycles. The molecule has 4 rings (SSSR count). The number of carbonyl (C=O) groups excluding carboxylic acids is 1. The largest absolute Gasteiger partial charge is 0.481 e. The molecule has 0 fully saturated rings. The van der Waals surface area contributed by atoms with E-state index in [0.717, 1.165) is 11.1 Å². The summed E-state index contributed by atoms with van der Waals surface area (Å²) in [5.41, 5.74) is 3.38. The number of ether oxygens (including phenoxy) is 1. The zero-order valence-electron chi connectivity index (χ0n) is 18.4. The number of hydrogen-bond donors (Lipinski definition) is 2. The molecule has 2 N–H and O–H groups in total. The lowest BCUT2D eigenvalue weighted by Gasteiger charge is -2.19. The number of rotatable bonds is 6. The van der Waals surface area contributed by atoms with Crippen molar-refractivity contribution in [3.8, 4) is 11.4 Å². The van der Waals surface area contributed by atoms with Crippen molar-refractivity contribution in [3.63, 3.8) is 0 Å². The molecule has 1 amide bonds. The smallest absolute Gasteiger partial charge is 0.265 e. The lowest BCUT2D eigenvalue weighted by molar-refractivity contribution is -0.122. The van der Waals surface area contributed by atoms with Gasteiger partial charge in [-0.3, -0.25) is 9.59 Å². The van der Waals surface area contributed by atoms with Gasteiger partial charge in [-0.05, 0) is 49.1 Å². The van der Waals surface area contributed by atoms with E-state index in [0.29, 0.717) is 34.1 Å². The Hall–Kier alpha value is -3.94. The van der Waals surface area contributed by atoms with Crippen LogP contribution >= 0.6 is 0 Å². The molecule has 8 heteroatoms. The predicted molar refractivity (Wildman–Crippen MR) is 123 cm³/mol. The molecular formula is C24H25N5O3. The molecule has 2 aromatic heterocycles. The van der Waals surface area contributed by atoms with Crippen molar-refractivity contribution < 1.29 is 9.53 Å². The van der Waals surface area contributed by atoms with Crippen molar-refractivity contribution in [2.75, 3.05) is 5.32 Å². The van der Waals surface area contributed by atoms with Gasteiger partial charge in [0.15, 0.2) is 11.8 Å². The van der Waals surface area contributed by atoms with Crippen LogP contribution in [-0.4, -0.2) is 31.8 Å². The quantitative estimate of drug-likeness (QED) is 0.481. The van der Waals surface area contributed by atoms with Crippen molar-refractivity contribution in [1.82, 2.24) is 19.7 Å². The molecule has 0 saturated carbocycles. The fourth-order valence-electron chi connectivity index (χ4n) is 3.38. The average molecular weight is 431 g/mol. The summed E-state index contributed by atoms with van der Waals surface area (Å²) in [4.78, 5) is 31.7. The standard InChI is InChI=1S/C24H25N5O3/c1-14(2)17-10-9-15(3)21(11-17)32-16(4)23(30)28-19-7-5-6-8-20(19)29-22-18(12-27-29)24(31)26-13-25-22/h5-14,16H,1-4H3,(H,28,30)(H,25,26,31). The first-order chi connectivity index (χ1) is 15.3. The van der Waals surface area contributed by atoms with Gasteiger partial charge in [0.2, 0.25) is 0 Å². The van der Waals surface area contributed by atoms with Crippen molar-refractivity contribution in [2.24, 2.45) is 0 Å². The Morgan fingerprint density at radius 3 is 2.72 bits per heavy atom. The molecule has 164 valence electrons. The number of aromatic amines is 1. The minimum absolute atomic E-state index is 0.274. The fourth-order valence-corrected chi connectivity index (χ4v) is 3.38. The van der Waals surface area contributed by atoms with Crippen LogP contribution in [0.4, 0.5) is 5.69 Å². The predicted octanol–water partition coefficient (Wildman–Crippen LogP) is 3.95. The number of nitrogens with zero attached hydrogens (tertiary/aromatic N) is 3. The second-order valence-electron chi connectivity index (χ2n) is 7.97. The Morgan fingerprint density at radius 1 is 1.16 bits per heavy atom. The number of hydrogen-bond acceptors (Lipinski definition) is 5. The third-order valence-corrected chi connectivity index (χ3v) is 5.31. The summed E-state index contributed by atoms with van der Waals surface area (Å²) in [6, 6.07) is 13.3. The minimum atomic E-state index is -0.723. The van der Waals surface area contributed by atoms with Gasteiger partial charge in [-0.15, -0.1) is 0 Å². The summed E-state index contributed by atoms with van der Waals surface area (Å²) >= 11 is 0. The topological polar surface area (TPSA) is 102 Å². The molecule has 1 unspecified atom stereocenters. The second-order valence-corrected chi connectivity index (χ2v) is 7.97. The van der Waals surface area contributed by atoms with E-state index < -0.39 is 6.10 Å². The van der Waals surface area contributed by atoms with Crippen LogP contribution in [0.5, 0.6) is 5.75 Å². The van der Waals surface area contributed by atoms with Gasteiger partial charge in [0.25, 0.3) is 11.5 Å². The monoisotopic (exact) mass is 431 g/mol. The van der Waals surface area contributed by atoms with Gasteiger partial charge in [-0.2, -0.15) is 5.10 Å². The SMILES string of the molecule is Cc1ccc(C(C)C)cc1OC(C)C(=O)Nc1ccccc1-n1ncc2c(=O)[nH]cnc21. The summed E-state index contributed by atoms with van der Waals surface area (Å²) in [5, 5.41) is 7.58. The molecule has 8 nitrogen and oxygen atoms in total. The fraction of sp³-hybridized carbons (Fsp3) is 0.250. The number of amides is 1. The number of benzene rings is 2. The van der Waals surface area contributed by atoms with E-state index in [4.69, 9.17) is 4.74 Å². The van der Waals surface area contributed by atoms with Gasteiger partial charge in [-0.25, -0.2) is 9.67 Å². The maximum atomic E-state index is 13.0. The first kappa shape index (κ1) is 21.3. The van der Waals surface area contributed by atoms with Crippen LogP contribution in [0.1, 0.15) is 37.8 Å². The van der Waals surface area contributed by atoms with Gasteiger partial charge in [-0.1, -0.05) is 38.1 Å². The molecule has 32 heavy (non-hydrogen) atoms. The number of para-hydroxylation sites is 2. The van der Waals surface area contributed by atoms with Gasteiger partial charge in [0.1, 0.15) is 11.1 Å². The van der Waals surface area contributed by atoms with Gasteiger partial charge >= 0.3 is 0 Å². The van der Waals surface area contributed by atoms with Gasteiger partial charge in [0.05, 0.1) is 23.9 Å². The van der Waals surface area contributed by atoms with E-state index in [1.165, 1.54) is 17.2 Å². The van der Waals surface area contributed by atoms with Crippen LogP contribution in [0.3, 0.4) is 0 Å². The molecule has 2 aromatic carbocycles. The van der Waals surface area contributed by atoms with E-state index in [1.54, 1.807) is 19.1 Å². The number of aryl methyl sites for hydroxylation is 1. The average Bonchev–Trinajstić information content (AvgIpc) is 3.20. The summed E-state index contributed by atoms with van der Waals surface area (Å²) < 4.78 is 7.52. The summed E-state index contributed by atoms with van der Waals surface area (Å²) in [5.74, 6) is 0.751. The number of carbonyl (C=O) groups is 1. The molecule has 4 aromatic rings. The summed E-state index contributed by atoms with van der Waals surface area (Å²) in [6.07, 6.45) is 2.06. The number of fused-ring (bicyclic) bond motifs is 1. The second kappa shape index (κ2) is 8.66. The maximum absolute atomic E-state index is 13.0. The Morgan fingerprint density at radius 2 is 1.94 bits per heavy atom. The Bertz CT molecular complexity index is 1340. The Kier molecular flexibility index (Phi) is 5.77.